The van der Waals surface area contributed by atoms with Gasteiger partial charge in [-0.05, 0) is 45.7 Å². The van der Waals surface area contributed by atoms with Gasteiger partial charge in [-0.25, -0.2) is 0 Å². The summed E-state index contributed by atoms with van der Waals surface area (Å²) in [5.74, 6) is -0.290. The quantitative estimate of drug-likeness (QED) is 0.887. The summed E-state index contributed by atoms with van der Waals surface area (Å²) < 4.78 is 0. The standard InChI is InChI=1S/C18H26N2O3/c1-12-7-13(2)9-16(8-12)18(23)20-6-4-5-15(10-20)17(22)19-14(3)11-21/h7-9,14-15,21H,4-6,10-11H2,1-3H3,(H,19,22). The van der Waals surface area contributed by atoms with E-state index in [2.05, 4.69) is 5.32 Å². The molecule has 0 bridgehead atoms. The summed E-state index contributed by atoms with van der Waals surface area (Å²) in [4.78, 5) is 26.7. The molecule has 1 aromatic carbocycles. The molecular formula is C18H26N2O3. The number of nitrogens with one attached hydrogen (secondary N) is 1. The summed E-state index contributed by atoms with van der Waals surface area (Å²) >= 11 is 0. The molecule has 1 aromatic rings. The first kappa shape index (κ1) is 17.5. The lowest BCUT2D eigenvalue weighted by molar-refractivity contribution is -0.127. The number of benzene rings is 1. The van der Waals surface area contributed by atoms with E-state index in [1.165, 1.54) is 0 Å². The van der Waals surface area contributed by atoms with Crippen LogP contribution in [0.5, 0.6) is 0 Å². The zero-order valence-corrected chi connectivity index (χ0v) is 14.1. The van der Waals surface area contributed by atoms with Gasteiger partial charge in [-0.3, -0.25) is 9.59 Å². The van der Waals surface area contributed by atoms with E-state index in [4.69, 9.17) is 5.11 Å². The van der Waals surface area contributed by atoms with E-state index in [-0.39, 0.29) is 30.4 Å². The number of likely N-dealkylation sites (tertiary alicyclic amines) is 1. The van der Waals surface area contributed by atoms with Crippen molar-refractivity contribution in [2.45, 2.75) is 39.7 Å². The molecule has 1 aliphatic rings. The molecule has 2 atom stereocenters. The fourth-order valence-electron chi connectivity index (χ4n) is 3.06. The maximum atomic E-state index is 12.7. The lowest BCUT2D eigenvalue weighted by atomic mass is 9.96. The normalized spacial score (nSPS) is 19.3. The highest BCUT2D eigenvalue weighted by atomic mass is 16.3. The lowest BCUT2D eigenvalue weighted by Crippen LogP contribution is -2.47. The molecule has 5 nitrogen and oxygen atoms in total. The van der Waals surface area contributed by atoms with Crippen molar-refractivity contribution in [2.24, 2.45) is 5.92 Å². The van der Waals surface area contributed by atoms with Crippen LogP contribution in [-0.4, -0.2) is 47.6 Å². The summed E-state index contributed by atoms with van der Waals surface area (Å²) in [6, 6.07) is 5.58. The first-order valence-electron chi connectivity index (χ1n) is 8.19. The minimum Gasteiger partial charge on any atom is -0.394 e. The summed E-state index contributed by atoms with van der Waals surface area (Å²) in [5, 5.41) is 11.8. The summed E-state index contributed by atoms with van der Waals surface area (Å²) in [7, 11) is 0. The van der Waals surface area contributed by atoms with Gasteiger partial charge in [0, 0.05) is 24.7 Å². The first-order valence-corrected chi connectivity index (χ1v) is 8.19. The molecule has 2 unspecified atom stereocenters. The Kier molecular flexibility index (Phi) is 5.77. The molecule has 0 spiro atoms. The maximum absolute atomic E-state index is 12.7. The van der Waals surface area contributed by atoms with E-state index in [0.29, 0.717) is 18.7 Å². The van der Waals surface area contributed by atoms with Gasteiger partial charge in [-0.15, -0.1) is 0 Å². The third kappa shape index (κ3) is 4.55. The highest BCUT2D eigenvalue weighted by Crippen LogP contribution is 2.20. The molecule has 0 radical (unpaired) electrons. The Morgan fingerprint density at radius 2 is 1.96 bits per heavy atom. The van der Waals surface area contributed by atoms with Crippen LogP contribution in [0, 0.1) is 19.8 Å². The van der Waals surface area contributed by atoms with Crippen LogP contribution in [-0.2, 0) is 4.79 Å². The first-order chi connectivity index (χ1) is 10.9. The Morgan fingerprint density at radius 1 is 1.30 bits per heavy atom. The Labute approximate surface area is 137 Å². The third-order valence-electron chi connectivity index (χ3n) is 4.21. The average Bonchev–Trinajstić information content (AvgIpc) is 2.53. The van der Waals surface area contributed by atoms with Gasteiger partial charge < -0.3 is 15.3 Å². The molecule has 1 saturated heterocycles. The van der Waals surface area contributed by atoms with Gasteiger partial charge in [0.25, 0.3) is 5.91 Å². The molecule has 1 heterocycles. The number of amides is 2. The van der Waals surface area contributed by atoms with Crippen LogP contribution in [0.25, 0.3) is 0 Å². The zero-order valence-electron chi connectivity index (χ0n) is 14.1. The Morgan fingerprint density at radius 3 is 2.57 bits per heavy atom. The van der Waals surface area contributed by atoms with Gasteiger partial charge in [0.1, 0.15) is 0 Å². The number of hydrogen-bond donors (Lipinski definition) is 2. The minimum atomic E-state index is -0.256. The van der Waals surface area contributed by atoms with E-state index in [1.54, 1.807) is 11.8 Å². The van der Waals surface area contributed by atoms with Gasteiger partial charge in [-0.1, -0.05) is 17.2 Å². The molecule has 1 aliphatic heterocycles. The predicted octanol–water partition coefficient (Wildman–Crippen LogP) is 1.65. The average molecular weight is 318 g/mol. The van der Waals surface area contributed by atoms with Crippen molar-refractivity contribution in [1.29, 1.82) is 0 Å². The van der Waals surface area contributed by atoms with Crippen LogP contribution in [0.2, 0.25) is 0 Å². The van der Waals surface area contributed by atoms with Crippen LogP contribution >= 0.6 is 0 Å². The molecule has 2 amide bonds. The number of piperidine rings is 1. The van der Waals surface area contributed by atoms with E-state index in [9.17, 15) is 9.59 Å². The Balaban J connectivity index is 2.05. The van der Waals surface area contributed by atoms with E-state index in [0.717, 1.165) is 24.0 Å². The molecule has 0 aromatic heterocycles. The number of carbonyl (C=O) groups excluding carboxylic acids is 2. The lowest BCUT2D eigenvalue weighted by Gasteiger charge is -2.32. The van der Waals surface area contributed by atoms with Gasteiger partial charge in [-0.2, -0.15) is 0 Å². The SMILES string of the molecule is Cc1cc(C)cc(C(=O)N2CCCC(C(=O)NC(C)CO)C2)c1. The van der Waals surface area contributed by atoms with Crippen molar-refractivity contribution in [3.8, 4) is 0 Å². The van der Waals surface area contributed by atoms with Gasteiger partial charge in [0.05, 0.1) is 12.5 Å². The summed E-state index contributed by atoms with van der Waals surface area (Å²) in [5.41, 5.74) is 2.82. The Bertz CT molecular complexity index is 565. The smallest absolute Gasteiger partial charge is 0.253 e. The molecular weight excluding hydrogens is 292 g/mol. The van der Waals surface area contributed by atoms with Crippen molar-refractivity contribution in [1.82, 2.24) is 10.2 Å². The molecule has 1 fully saturated rings. The zero-order chi connectivity index (χ0) is 17.0. The molecule has 0 aliphatic carbocycles. The predicted molar refractivity (Wildman–Crippen MR) is 89.2 cm³/mol. The molecule has 126 valence electrons. The monoisotopic (exact) mass is 318 g/mol. The molecule has 5 heteroatoms. The second-order valence-electron chi connectivity index (χ2n) is 6.56. The fourth-order valence-corrected chi connectivity index (χ4v) is 3.06. The number of rotatable bonds is 4. The molecule has 23 heavy (non-hydrogen) atoms. The molecule has 2 rings (SSSR count). The van der Waals surface area contributed by atoms with Gasteiger partial charge in [0.15, 0.2) is 0 Å². The number of aliphatic hydroxyl groups is 1. The largest absolute Gasteiger partial charge is 0.394 e. The van der Waals surface area contributed by atoms with Gasteiger partial charge in [0.2, 0.25) is 5.91 Å². The van der Waals surface area contributed by atoms with Crippen LogP contribution in [0.3, 0.4) is 0 Å². The third-order valence-corrected chi connectivity index (χ3v) is 4.21. The number of carbonyl (C=O) groups is 2. The van der Waals surface area contributed by atoms with Crippen molar-refractivity contribution >= 4 is 11.8 Å². The van der Waals surface area contributed by atoms with E-state index in [1.807, 2.05) is 32.0 Å². The number of nitrogens with zero attached hydrogens (tertiary/aromatic N) is 1. The molecule has 2 N–H and O–H groups in total. The van der Waals surface area contributed by atoms with Crippen LogP contribution < -0.4 is 5.32 Å². The highest BCUT2D eigenvalue weighted by Gasteiger charge is 2.29. The number of aliphatic hydroxyl groups excluding tert-OH is 1. The second-order valence-corrected chi connectivity index (χ2v) is 6.56. The van der Waals surface area contributed by atoms with Crippen molar-refractivity contribution in [2.75, 3.05) is 19.7 Å². The Hall–Kier alpha value is -1.88. The number of aryl methyl sites for hydroxylation is 2. The topological polar surface area (TPSA) is 69.6 Å². The van der Waals surface area contributed by atoms with E-state index < -0.39 is 0 Å². The minimum absolute atomic E-state index is 0.00972. The van der Waals surface area contributed by atoms with Crippen molar-refractivity contribution in [3.63, 3.8) is 0 Å². The fraction of sp³-hybridized carbons (Fsp3) is 0.556. The van der Waals surface area contributed by atoms with Gasteiger partial charge >= 0.3 is 0 Å². The maximum Gasteiger partial charge on any atom is 0.253 e. The van der Waals surface area contributed by atoms with Crippen molar-refractivity contribution in [3.05, 3.63) is 34.9 Å². The summed E-state index contributed by atoms with van der Waals surface area (Å²) in [6.45, 7) is 6.77. The molecule has 0 saturated carbocycles. The summed E-state index contributed by atoms with van der Waals surface area (Å²) in [6.07, 6.45) is 1.60. The highest BCUT2D eigenvalue weighted by molar-refractivity contribution is 5.95. The van der Waals surface area contributed by atoms with Crippen LogP contribution in [0.1, 0.15) is 41.3 Å². The van der Waals surface area contributed by atoms with E-state index >= 15 is 0 Å². The number of hydrogen-bond acceptors (Lipinski definition) is 3. The van der Waals surface area contributed by atoms with Crippen molar-refractivity contribution < 1.29 is 14.7 Å². The van der Waals surface area contributed by atoms with Crippen LogP contribution in [0.4, 0.5) is 0 Å². The van der Waals surface area contributed by atoms with Crippen LogP contribution in [0.15, 0.2) is 18.2 Å². The second kappa shape index (κ2) is 7.59.